The lowest BCUT2D eigenvalue weighted by atomic mass is 10.1. The van der Waals surface area contributed by atoms with E-state index < -0.39 is 0 Å². The Labute approximate surface area is 159 Å². The maximum Gasteiger partial charge on any atom is 0.237 e. The number of benzene rings is 2. The van der Waals surface area contributed by atoms with E-state index in [1.807, 2.05) is 37.3 Å². The van der Waals surface area contributed by atoms with Crippen molar-refractivity contribution in [2.45, 2.75) is 17.3 Å². The summed E-state index contributed by atoms with van der Waals surface area (Å²) in [5.74, 6) is 0.414. The van der Waals surface area contributed by atoms with Crippen LogP contribution in [-0.4, -0.2) is 28.2 Å². The topological polar surface area (TPSA) is 77.2 Å². The molecule has 2 aromatic carbocycles. The van der Waals surface area contributed by atoms with Crippen LogP contribution >= 0.6 is 11.8 Å². The first-order chi connectivity index (χ1) is 13.2. The second-order valence-electron chi connectivity index (χ2n) is 5.93. The van der Waals surface area contributed by atoms with Gasteiger partial charge in [-0.15, -0.1) is 0 Å². The molecule has 1 N–H and O–H groups in total. The molecule has 2 aromatic heterocycles. The number of nitrogens with one attached hydrogen (secondary N) is 1. The number of para-hydroxylation sites is 1. The average molecular weight is 379 g/mol. The normalized spacial score (nSPS) is 12.2. The summed E-state index contributed by atoms with van der Waals surface area (Å²) >= 11 is 1.29. The number of hydrogen-bond acceptors (Lipinski definition) is 6. The smallest absolute Gasteiger partial charge is 0.237 e. The first-order valence-corrected chi connectivity index (χ1v) is 9.27. The second-order valence-corrected chi connectivity index (χ2v) is 7.24. The predicted molar refractivity (Wildman–Crippen MR) is 106 cm³/mol. The van der Waals surface area contributed by atoms with Gasteiger partial charge in [-0.3, -0.25) is 4.79 Å². The van der Waals surface area contributed by atoms with Gasteiger partial charge < -0.3 is 14.5 Å². The molecule has 0 aliphatic heterocycles. The van der Waals surface area contributed by atoms with Gasteiger partial charge in [0.15, 0.2) is 5.16 Å². The maximum atomic E-state index is 12.6. The van der Waals surface area contributed by atoms with E-state index in [2.05, 4.69) is 15.3 Å². The van der Waals surface area contributed by atoms with Crippen LogP contribution in [0.15, 0.2) is 64.4 Å². The van der Waals surface area contributed by atoms with Crippen LogP contribution in [0.3, 0.4) is 0 Å². The fourth-order valence-electron chi connectivity index (χ4n) is 2.81. The molecule has 7 heteroatoms. The fourth-order valence-corrected chi connectivity index (χ4v) is 3.54. The van der Waals surface area contributed by atoms with Crippen molar-refractivity contribution in [1.29, 1.82) is 0 Å². The van der Waals surface area contributed by atoms with Gasteiger partial charge in [0.2, 0.25) is 5.91 Å². The van der Waals surface area contributed by atoms with Crippen molar-refractivity contribution in [2.75, 3.05) is 12.4 Å². The van der Waals surface area contributed by atoms with E-state index in [0.29, 0.717) is 22.2 Å². The number of furan rings is 1. The molecule has 27 heavy (non-hydrogen) atoms. The quantitative estimate of drug-likeness (QED) is 0.406. The van der Waals surface area contributed by atoms with Crippen LogP contribution in [-0.2, 0) is 4.79 Å². The number of amides is 1. The number of methoxy groups -OCH3 is 1. The minimum atomic E-state index is -0.372. The first-order valence-electron chi connectivity index (χ1n) is 8.39. The van der Waals surface area contributed by atoms with E-state index >= 15 is 0 Å². The molecule has 1 amide bonds. The molecular formula is C20H17N3O3S. The van der Waals surface area contributed by atoms with E-state index in [9.17, 15) is 4.79 Å². The Morgan fingerprint density at radius 2 is 1.89 bits per heavy atom. The Hall–Kier alpha value is -3.06. The standard InChI is InChI=1S/C20H17N3O3S/c1-12(27-20-21-8-5-9-22-20)19(24)23-15-11-17-14(10-18(15)25-2)13-6-3-4-7-16(13)26-17/h3-12H,1-2H3,(H,23,24)/t12-/m1/s1. The first kappa shape index (κ1) is 17.4. The number of hydrogen-bond donors (Lipinski definition) is 1. The van der Waals surface area contributed by atoms with Crippen LogP contribution in [0.2, 0.25) is 0 Å². The van der Waals surface area contributed by atoms with Gasteiger partial charge in [0.25, 0.3) is 0 Å². The molecule has 2 heterocycles. The van der Waals surface area contributed by atoms with Crippen LogP contribution in [0.1, 0.15) is 6.92 Å². The summed E-state index contributed by atoms with van der Waals surface area (Å²) in [6.45, 7) is 1.81. The molecule has 0 fully saturated rings. The molecule has 4 aromatic rings. The lowest BCUT2D eigenvalue weighted by Gasteiger charge is -2.13. The fraction of sp³-hybridized carbons (Fsp3) is 0.150. The van der Waals surface area contributed by atoms with Gasteiger partial charge in [-0.1, -0.05) is 30.0 Å². The number of aromatic nitrogens is 2. The molecule has 0 aliphatic carbocycles. The third-order valence-electron chi connectivity index (χ3n) is 4.15. The van der Waals surface area contributed by atoms with Gasteiger partial charge in [0.1, 0.15) is 16.9 Å². The molecule has 6 nitrogen and oxygen atoms in total. The van der Waals surface area contributed by atoms with Crippen molar-refractivity contribution in [1.82, 2.24) is 9.97 Å². The van der Waals surface area contributed by atoms with E-state index in [1.165, 1.54) is 11.8 Å². The van der Waals surface area contributed by atoms with Crippen LogP contribution in [0.5, 0.6) is 5.75 Å². The molecule has 0 saturated heterocycles. The largest absolute Gasteiger partial charge is 0.495 e. The van der Waals surface area contributed by atoms with Crippen molar-refractivity contribution in [2.24, 2.45) is 0 Å². The molecule has 0 saturated carbocycles. The van der Waals surface area contributed by atoms with Gasteiger partial charge >= 0.3 is 0 Å². The number of anilines is 1. The van der Waals surface area contributed by atoms with Crippen LogP contribution in [0.4, 0.5) is 5.69 Å². The summed E-state index contributed by atoms with van der Waals surface area (Å²) in [6.07, 6.45) is 3.30. The SMILES string of the molecule is COc1cc2c(cc1NC(=O)[C@@H](C)Sc1ncccn1)oc1ccccc12. The van der Waals surface area contributed by atoms with Gasteiger partial charge in [-0.05, 0) is 25.1 Å². The monoisotopic (exact) mass is 379 g/mol. The number of carbonyl (C=O) groups is 1. The Kier molecular flexibility index (Phi) is 4.68. The Morgan fingerprint density at radius 1 is 1.11 bits per heavy atom. The van der Waals surface area contributed by atoms with Crippen molar-refractivity contribution in [3.05, 3.63) is 54.9 Å². The zero-order chi connectivity index (χ0) is 18.8. The molecule has 4 rings (SSSR count). The van der Waals surface area contributed by atoms with Crippen LogP contribution in [0.25, 0.3) is 21.9 Å². The van der Waals surface area contributed by atoms with Crippen LogP contribution < -0.4 is 10.1 Å². The molecule has 0 spiro atoms. The molecule has 0 radical (unpaired) electrons. The zero-order valence-electron chi connectivity index (χ0n) is 14.8. The van der Waals surface area contributed by atoms with Gasteiger partial charge in [0.05, 0.1) is 18.0 Å². The number of nitrogens with zero attached hydrogens (tertiary/aromatic N) is 2. The lowest BCUT2D eigenvalue weighted by molar-refractivity contribution is -0.115. The molecule has 0 unspecified atom stereocenters. The molecule has 1 atom stereocenters. The highest BCUT2D eigenvalue weighted by Crippen LogP contribution is 2.36. The Balaban J connectivity index is 1.62. The lowest BCUT2D eigenvalue weighted by Crippen LogP contribution is -2.23. The molecule has 0 aliphatic rings. The van der Waals surface area contributed by atoms with Crippen LogP contribution in [0, 0.1) is 0 Å². The summed E-state index contributed by atoms with van der Waals surface area (Å²) in [5.41, 5.74) is 2.05. The third-order valence-corrected chi connectivity index (χ3v) is 5.14. The molecular weight excluding hydrogens is 362 g/mol. The van der Waals surface area contributed by atoms with Gasteiger partial charge in [-0.25, -0.2) is 9.97 Å². The Morgan fingerprint density at radius 3 is 2.67 bits per heavy atom. The number of thioether (sulfide) groups is 1. The summed E-state index contributed by atoms with van der Waals surface area (Å²) in [5, 5.41) is 5.05. The molecule has 0 bridgehead atoms. The third kappa shape index (κ3) is 3.46. The van der Waals surface area contributed by atoms with E-state index in [4.69, 9.17) is 9.15 Å². The van der Waals surface area contributed by atoms with Gasteiger partial charge in [0, 0.05) is 29.2 Å². The summed E-state index contributed by atoms with van der Waals surface area (Å²) < 4.78 is 11.4. The van der Waals surface area contributed by atoms with E-state index in [-0.39, 0.29) is 11.2 Å². The summed E-state index contributed by atoms with van der Waals surface area (Å²) in [6, 6.07) is 13.2. The number of carbonyl (C=O) groups excluding carboxylic acids is 1. The van der Waals surface area contributed by atoms with Crippen molar-refractivity contribution in [3.63, 3.8) is 0 Å². The minimum absolute atomic E-state index is 0.166. The Bertz CT molecular complexity index is 1110. The highest BCUT2D eigenvalue weighted by Gasteiger charge is 2.19. The number of fused-ring (bicyclic) bond motifs is 3. The number of ether oxygens (including phenoxy) is 1. The highest BCUT2D eigenvalue weighted by molar-refractivity contribution is 8.00. The molecule has 136 valence electrons. The van der Waals surface area contributed by atoms with E-state index in [0.717, 1.165) is 16.4 Å². The summed E-state index contributed by atoms with van der Waals surface area (Å²) in [7, 11) is 1.58. The predicted octanol–water partition coefficient (Wildman–Crippen LogP) is 4.50. The van der Waals surface area contributed by atoms with Gasteiger partial charge in [-0.2, -0.15) is 0 Å². The minimum Gasteiger partial charge on any atom is -0.495 e. The van der Waals surface area contributed by atoms with Crippen molar-refractivity contribution >= 4 is 45.3 Å². The zero-order valence-corrected chi connectivity index (χ0v) is 15.6. The van der Waals surface area contributed by atoms with Crippen molar-refractivity contribution in [3.8, 4) is 5.75 Å². The maximum absolute atomic E-state index is 12.6. The second kappa shape index (κ2) is 7.28. The van der Waals surface area contributed by atoms with E-state index in [1.54, 1.807) is 31.6 Å². The number of rotatable bonds is 5. The summed E-state index contributed by atoms with van der Waals surface area (Å²) in [4.78, 5) is 20.9. The highest BCUT2D eigenvalue weighted by atomic mass is 32.2. The average Bonchev–Trinajstić information content (AvgIpc) is 3.05. The van der Waals surface area contributed by atoms with Crippen molar-refractivity contribution < 1.29 is 13.9 Å².